The molecule has 1 N–H and O–H groups in total. The Hall–Kier alpha value is -2.42. The summed E-state index contributed by atoms with van der Waals surface area (Å²) in [5, 5.41) is 21.9. The normalized spacial score (nSPS) is 11.4. The molecule has 0 aliphatic rings. The summed E-state index contributed by atoms with van der Waals surface area (Å²) in [7, 11) is 0. The fourth-order valence-electron chi connectivity index (χ4n) is 1.41. The van der Waals surface area contributed by atoms with Crippen molar-refractivity contribution in [3.8, 4) is 6.07 Å². The molecule has 1 atom stereocenters. The minimum absolute atomic E-state index is 0.0964. The van der Waals surface area contributed by atoms with Crippen molar-refractivity contribution in [1.29, 1.82) is 5.26 Å². The van der Waals surface area contributed by atoms with E-state index < -0.39 is 16.7 Å². The number of carbonyl (C=O) groups excluding carboxylic acids is 1. The predicted octanol–water partition coefficient (Wildman–Crippen LogP) is 2.39. The molecule has 1 aromatic carbocycles. The average Bonchev–Trinajstić information content (AvgIpc) is 2.33. The van der Waals surface area contributed by atoms with E-state index in [9.17, 15) is 14.9 Å². The van der Waals surface area contributed by atoms with E-state index in [2.05, 4.69) is 5.32 Å². The van der Waals surface area contributed by atoms with Crippen molar-refractivity contribution < 1.29 is 9.72 Å². The van der Waals surface area contributed by atoms with E-state index in [0.717, 1.165) is 0 Å². The maximum atomic E-state index is 11.7. The van der Waals surface area contributed by atoms with Crippen molar-refractivity contribution in [3.05, 3.63) is 33.9 Å². The summed E-state index contributed by atoms with van der Waals surface area (Å²) in [6, 6.07) is 6.10. The largest absolute Gasteiger partial charge is 0.324 e. The molecule has 18 heavy (non-hydrogen) atoms. The van der Waals surface area contributed by atoms with Crippen molar-refractivity contribution in [2.45, 2.75) is 20.3 Å². The van der Waals surface area contributed by atoms with Crippen LogP contribution < -0.4 is 5.32 Å². The van der Waals surface area contributed by atoms with Crippen LogP contribution in [0.1, 0.15) is 18.9 Å². The van der Waals surface area contributed by atoms with Gasteiger partial charge in [-0.3, -0.25) is 14.9 Å². The van der Waals surface area contributed by atoms with E-state index >= 15 is 0 Å². The van der Waals surface area contributed by atoms with E-state index in [0.29, 0.717) is 17.7 Å². The molecule has 0 heterocycles. The lowest BCUT2D eigenvalue weighted by atomic mass is 10.1. The first kappa shape index (κ1) is 13.6. The fourth-order valence-corrected chi connectivity index (χ4v) is 1.41. The highest BCUT2D eigenvalue weighted by Crippen LogP contribution is 2.22. The monoisotopic (exact) mass is 247 g/mol. The van der Waals surface area contributed by atoms with Gasteiger partial charge in [-0.2, -0.15) is 5.26 Å². The quantitative estimate of drug-likeness (QED) is 0.652. The molecule has 94 valence electrons. The van der Waals surface area contributed by atoms with Crippen molar-refractivity contribution in [3.63, 3.8) is 0 Å². The molecule has 1 rings (SSSR count). The number of anilines is 1. The van der Waals surface area contributed by atoms with Gasteiger partial charge in [0.15, 0.2) is 0 Å². The summed E-state index contributed by atoms with van der Waals surface area (Å²) in [5.41, 5.74) is 0.977. The van der Waals surface area contributed by atoms with Gasteiger partial charge >= 0.3 is 0 Å². The third-order valence-corrected chi connectivity index (χ3v) is 2.57. The SMILES string of the molecule is CCC(C#N)C(=O)Nc1cc([N+](=O)[O-])ccc1C. The smallest absolute Gasteiger partial charge is 0.271 e. The molecule has 0 saturated carbocycles. The van der Waals surface area contributed by atoms with Gasteiger partial charge in [0.25, 0.3) is 5.69 Å². The van der Waals surface area contributed by atoms with Crippen molar-refractivity contribution in [2.24, 2.45) is 5.92 Å². The standard InChI is InChI=1S/C12H13N3O3/c1-3-9(7-13)12(16)14-11-6-10(15(17)18)5-4-8(11)2/h4-6,9H,3H2,1-2H3,(H,14,16). The maximum Gasteiger partial charge on any atom is 0.271 e. The lowest BCUT2D eigenvalue weighted by molar-refractivity contribution is -0.384. The maximum absolute atomic E-state index is 11.7. The number of non-ortho nitro benzene ring substituents is 1. The molecule has 0 bridgehead atoms. The fraction of sp³-hybridized carbons (Fsp3) is 0.333. The molecular weight excluding hydrogens is 234 g/mol. The van der Waals surface area contributed by atoms with Crippen molar-refractivity contribution in [1.82, 2.24) is 0 Å². The summed E-state index contributed by atoms with van der Waals surface area (Å²) >= 11 is 0. The van der Waals surface area contributed by atoms with Crippen LogP contribution in [0.5, 0.6) is 0 Å². The van der Waals surface area contributed by atoms with Crippen LogP contribution in [0.2, 0.25) is 0 Å². The minimum atomic E-state index is -0.747. The number of nitrogens with zero attached hydrogens (tertiary/aromatic N) is 2. The second-order valence-electron chi connectivity index (χ2n) is 3.84. The van der Waals surface area contributed by atoms with Crippen molar-refractivity contribution in [2.75, 3.05) is 5.32 Å². The second kappa shape index (κ2) is 5.77. The van der Waals surface area contributed by atoms with Crippen molar-refractivity contribution >= 4 is 17.3 Å². The van der Waals surface area contributed by atoms with Crippen LogP contribution in [0.4, 0.5) is 11.4 Å². The minimum Gasteiger partial charge on any atom is -0.324 e. The van der Waals surface area contributed by atoms with Crippen LogP contribution in [0.15, 0.2) is 18.2 Å². The van der Waals surface area contributed by atoms with Gasteiger partial charge in [0, 0.05) is 12.1 Å². The summed E-state index contributed by atoms with van der Waals surface area (Å²) in [6.07, 6.45) is 0.399. The number of rotatable bonds is 4. The lowest BCUT2D eigenvalue weighted by Crippen LogP contribution is -2.21. The lowest BCUT2D eigenvalue weighted by Gasteiger charge is -2.10. The highest BCUT2D eigenvalue weighted by Gasteiger charge is 2.17. The van der Waals surface area contributed by atoms with Gasteiger partial charge in [-0.25, -0.2) is 0 Å². The summed E-state index contributed by atoms with van der Waals surface area (Å²) < 4.78 is 0. The van der Waals surface area contributed by atoms with Gasteiger partial charge in [-0.05, 0) is 18.9 Å². The number of aryl methyl sites for hydroxylation is 1. The van der Waals surface area contributed by atoms with Crippen LogP contribution in [0.25, 0.3) is 0 Å². The Bertz CT molecular complexity index is 520. The number of benzene rings is 1. The number of nitro benzene ring substituents is 1. The van der Waals surface area contributed by atoms with E-state index in [1.165, 1.54) is 12.1 Å². The Morgan fingerprint density at radius 1 is 1.61 bits per heavy atom. The first-order valence-corrected chi connectivity index (χ1v) is 5.45. The first-order chi connectivity index (χ1) is 8.49. The zero-order valence-corrected chi connectivity index (χ0v) is 10.1. The van der Waals surface area contributed by atoms with Crippen LogP contribution in [0.3, 0.4) is 0 Å². The molecule has 0 fully saturated rings. The molecule has 6 heteroatoms. The number of hydrogen-bond donors (Lipinski definition) is 1. The zero-order chi connectivity index (χ0) is 13.7. The van der Waals surface area contributed by atoms with Crippen LogP contribution in [-0.4, -0.2) is 10.8 Å². The molecule has 0 spiro atoms. The summed E-state index contributed by atoms with van der Waals surface area (Å²) in [5.74, 6) is -1.19. The van der Waals surface area contributed by atoms with Gasteiger partial charge in [0.05, 0.1) is 16.7 Å². The molecular formula is C12H13N3O3. The third-order valence-electron chi connectivity index (χ3n) is 2.57. The third kappa shape index (κ3) is 3.04. The molecule has 6 nitrogen and oxygen atoms in total. The van der Waals surface area contributed by atoms with Gasteiger partial charge in [-0.1, -0.05) is 13.0 Å². The summed E-state index contributed by atoms with van der Waals surface area (Å²) in [6.45, 7) is 3.46. The molecule has 1 unspecified atom stereocenters. The van der Waals surface area contributed by atoms with E-state index in [1.807, 2.05) is 6.07 Å². The predicted molar refractivity (Wildman–Crippen MR) is 65.9 cm³/mol. The Kier molecular flexibility index (Phi) is 4.38. The number of nitrogens with one attached hydrogen (secondary N) is 1. The van der Waals surface area contributed by atoms with E-state index in [-0.39, 0.29) is 5.69 Å². The average molecular weight is 247 g/mol. The van der Waals surface area contributed by atoms with Gasteiger partial charge in [-0.15, -0.1) is 0 Å². The van der Waals surface area contributed by atoms with Crippen LogP contribution in [0, 0.1) is 34.3 Å². The number of amides is 1. The molecule has 0 aliphatic heterocycles. The molecule has 0 aliphatic carbocycles. The zero-order valence-electron chi connectivity index (χ0n) is 10.1. The molecule has 1 amide bonds. The molecule has 1 aromatic rings. The Labute approximate surface area is 104 Å². The van der Waals surface area contributed by atoms with E-state index in [4.69, 9.17) is 5.26 Å². The Morgan fingerprint density at radius 3 is 2.78 bits per heavy atom. The molecule has 0 saturated heterocycles. The first-order valence-electron chi connectivity index (χ1n) is 5.45. The van der Waals surface area contributed by atoms with Gasteiger partial charge in [0.1, 0.15) is 5.92 Å². The Balaban J connectivity index is 2.97. The summed E-state index contributed by atoms with van der Waals surface area (Å²) in [4.78, 5) is 21.8. The number of carbonyl (C=O) groups is 1. The Morgan fingerprint density at radius 2 is 2.28 bits per heavy atom. The highest BCUT2D eigenvalue weighted by molar-refractivity contribution is 5.95. The number of nitriles is 1. The van der Waals surface area contributed by atoms with Gasteiger partial charge < -0.3 is 5.32 Å². The number of hydrogen-bond acceptors (Lipinski definition) is 4. The molecule has 0 aromatic heterocycles. The highest BCUT2D eigenvalue weighted by atomic mass is 16.6. The topological polar surface area (TPSA) is 96.0 Å². The molecule has 0 radical (unpaired) electrons. The second-order valence-corrected chi connectivity index (χ2v) is 3.84. The van der Waals surface area contributed by atoms with Gasteiger partial charge in [0.2, 0.25) is 5.91 Å². The number of nitro groups is 1. The van der Waals surface area contributed by atoms with Crippen LogP contribution >= 0.6 is 0 Å². The van der Waals surface area contributed by atoms with E-state index in [1.54, 1.807) is 19.9 Å². The van der Waals surface area contributed by atoms with Crippen LogP contribution in [-0.2, 0) is 4.79 Å².